The number of H-pyrrole nitrogens is 1. The van der Waals surface area contributed by atoms with Crippen LogP contribution in [0.5, 0.6) is 0 Å². The highest BCUT2D eigenvalue weighted by Gasteiger charge is 2.17. The second-order valence-electron chi connectivity index (χ2n) is 6.97. The van der Waals surface area contributed by atoms with Gasteiger partial charge in [-0.1, -0.05) is 24.3 Å². The minimum absolute atomic E-state index is 0.00540. The molecule has 0 saturated carbocycles. The van der Waals surface area contributed by atoms with E-state index in [2.05, 4.69) is 27.1 Å². The van der Waals surface area contributed by atoms with E-state index in [1.54, 1.807) is 0 Å². The molecule has 0 radical (unpaired) electrons. The van der Waals surface area contributed by atoms with Crippen LogP contribution in [0.4, 0.5) is 5.82 Å². The summed E-state index contributed by atoms with van der Waals surface area (Å²) in [4.78, 5) is 22.3. The highest BCUT2D eigenvalue weighted by molar-refractivity contribution is 5.88. The lowest BCUT2D eigenvalue weighted by Crippen LogP contribution is -2.41. The second-order valence-corrected chi connectivity index (χ2v) is 6.97. The van der Waals surface area contributed by atoms with Crippen LogP contribution in [0.25, 0.3) is 10.9 Å². The molecule has 2 aromatic heterocycles. The summed E-state index contributed by atoms with van der Waals surface area (Å²) in [5, 5.41) is 4.08. The van der Waals surface area contributed by atoms with Crippen molar-refractivity contribution < 1.29 is 9.53 Å². The predicted octanol–water partition coefficient (Wildman–Crippen LogP) is 2.65. The first kappa shape index (κ1) is 17.5. The number of amides is 1. The molecule has 3 heterocycles. The molecule has 1 saturated heterocycles. The number of pyridine rings is 1. The average molecular weight is 364 g/mol. The third-order valence-electron chi connectivity index (χ3n) is 4.89. The number of ether oxygens (including phenoxy) is 1. The van der Waals surface area contributed by atoms with Crippen molar-refractivity contribution in [1.29, 1.82) is 0 Å². The molecule has 1 fully saturated rings. The molecule has 1 aromatic carbocycles. The molecule has 2 N–H and O–H groups in total. The second kappa shape index (κ2) is 7.80. The van der Waals surface area contributed by atoms with E-state index in [1.807, 2.05) is 48.8 Å². The fourth-order valence-corrected chi connectivity index (χ4v) is 3.45. The summed E-state index contributed by atoms with van der Waals surface area (Å²) in [5.41, 5.74) is 3.06. The van der Waals surface area contributed by atoms with E-state index in [1.165, 1.54) is 0 Å². The summed E-state index contributed by atoms with van der Waals surface area (Å²) in [5.74, 6) is 0.963. The van der Waals surface area contributed by atoms with Gasteiger partial charge in [0.1, 0.15) is 5.82 Å². The molecule has 1 atom stereocenters. The van der Waals surface area contributed by atoms with Crippen LogP contribution in [0.3, 0.4) is 0 Å². The quantitative estimate of drug-likeness (QED) is 0.730. The zero-order valence-electron chi connectivity index (χ0n) is 15.4. The van der Waals surface area contributed by atoms with Crippen molar-refractivity contribution in [2.24, 2.45) is 0 Å². The van der Waals surface area contributed by atoms with Crippen LogP contribution >= 0.6 is 0 Å². The molecule has 6 nitrogen and oxygen atoms in total. The SMILES string of the molecule is C[C@@H]1CN(c2ccc(CNC(=O)Cc3c[nH]c4ccccc34)cn2)CCO1. The molecule has 0 aliphatic carbocycles. The first-order valence-corrected chi connectivity index (χ1v) is 9.32. The summed E-state index contributed by atoms with van der Waals surface area (Å²) < 4.78 is 5.57. The largest absolute Gasteiger partial charge is 0.375 e. The molecule has 1 aliphatic heterocycles. The summed E-state index contributed by atoms with van der Waals surface area (Å²) >= 11 is 0. The molecular formula is C21H24N4O2. The number of morpholine rings is 1. The maximum atomic E-state index is 12.3. The number of aromatic amines is 1. The van der Waals surface area contributed by atoms with Gasteiger partial charge in [0.25, 0.3) is 0 Å². The van der Waals surface area contributed by atoms with E-state index in [9.17, 15) is 4.79 Å². The van der Waals surface area contributed by atoms with Gasteiger partial charge in [0, 0.05) is 42.9 Å². The van der Waals surface area contributed by atoms with Crippen LogP contribution < -0.4 is 10.2 Å². The van der Waals surface area contributed by atoms with Crippen LogP contribution in [0, 0.1) is 0 Å². The summed E-state index contributed by atoms with van der Waals surface area (Å²) in [6.45, 7) is 5.00. The molecule has 3 aromatic rings. The van der Waals surface area contributed by atoms with E-state index in [4.69, 9.17) is 4.74 Å². The van der Waals surface area contributed by atoms with E-state index in [-0.39, 0.29) is 12.0 Å². The summed E-state index contributed by atoms with van der Waals surface area (Å²) in [6.07, 6.45) is 4.33. The Labute approximate surface area is 158 Å². The number of benzene rings is 1. The highest BCUT2D eigenvalue weighted by atomic mass is 16.5. The third kappa shape index (κ3) is 4.11. The van der Waals surface area contributed by atoms with Gasteiger partial charge in [-0.15, -0.1) is 0 Å². The standard InChI is InChI=1S/C21H24N4O2/c1-15-14-25(8-9-27-15)20-7-6-16(11-23-20)12-24-21(26)10-17-13-22-19-5-3-2-4-18(17)19/h2-7,11,13,15,22H,8-10,12,14H2,1H3,(H,24,26)/t15-/m1/s1. The Morgan fingerprint density at radius 1 is 1.33 bits per heavy atom. The molecular weight excluding hydrogens is 340 g/mol. The molecule has 4 rings (SSSR count). The molecule has 1 aliphatic rings. The lowest BCUT2D eigenvalue weighted by molar-refractivity contribution is -0.120. The Balaban J connectivity index is 1.32. The number of hydrogen-bond donors (Lipinski definition) is 2. The van der Waals surface area contributed by atoms with Crippen LogP contribution in [-0.2, 0) is 22.5 Å². The van der Waals surface area contributed by atoms with Gasteiger partial charge in [-0.3, -0.25) is 4.79 Å². The predicted molar refractivity (Wildman–Crippen MR) is 106 cm³/mol. The minimum Gasteiger partial charge on any atom is -0.375 e. The zero-order chi connectivity index (χ0) is 18.6. The van der Waals surface area contributed by atoms with Gasteiger partial charge < -0.3 is 19.9 Å². The van der Waals surface area contributed by atoms with Gasteiger partial charge >= 0.3 is 0 Å². The lowest BCUT2D eigenvalue weighted by Gasteiger charge is -2.32. The Morgan fingerprint density at radius 2 is 2.22 bits per heavy atom. The molecule has 0 spiro atoms. The molecule has 6 heteroatoms. The topological polar surface area (TPSA) is 70.2 Å². The van der Waals surface area contributed by atoms with Gasteiger partial charge in [-0.05, 0) is 30.2 Å². The van der Waals surface area contributed by atoms with E-state index in [0.717, 1.165) is 47.5 Å². The number of carbonyl (C=O) groups is 1. The number of rotatable bonds is 5. The van der Waals surface area contributed by atoms with Crippen LogP contribution in [0.1, 0.15) is 18.1 Å². The van der Waals surface area contributed by atoms with Crippen molar-refractivity contribution in [3.8, 4) is 0 Å². The van der Waals surface area contributed by atoms with E-state index < -0.39 is 0 Å². The van der Waals surface area contributed by atoms with Crippen LogP contribution in [-0.4, -0.2) is 41.7 Å². The average Bonchev–Trinajstić information content (AvgIpc) is 3.10. The van der Waals surface area contributed by atoms with Crippen LogP contribution in [0.2, 0.25) is 0 Å². The molecule has 1 amide bonds. The monoisotopic (exact) mass is 364 g/mol. The molecule has 0 unspecified atom stereocenters. The lowest BCUT2D eigenvalue weighted by atomic mass is 10.1. The summed E-state index contributed by atoms with van der Waals surface area (Å²) in [6, 6.07) is 12.0. The van der Waals surface area contributed by atoms with Gasteiger partial charge in [0.15, 0.2) is 0 Å². The van der Waals surface area contributed by atoms with Crippen molar-refractivity contribution in [2.75, 3.05) is 24.6 Å². The van der Waals surface area contributed by atoms with Crippen LogP contribution in [0.15, 0.2) is 48.8 Å². The minimum atomic E-state index is 0.00540. The van der Waals surface area contributed by atoms with E-state index >= 15 is 0 Å². The molecule has 0 bridgehead atoms. The van der Waals surface area contributed by atoms with Gasteiger partial charge in [0.05, 0.1) is 19.1 Å². The number of anilines is 1. The number of nitrogens with zero attached hydrogens (tertiary/aromatic N) is 2. The van der Waals surface area contributed by atoms with Gasteiger partial charge in [-0.25, -0.2) is 4.98 Å². The number of nitrogens with one attached hydrogen (secondary N) is 2. The Hall–Kier alpha value is -2.86. The number of hydrogen-bond acceptors (Lipinski definition) is 4. The highest BCUT2D eigenvalue weighted by Crippen LogP contribution is 2.18. The fraction of sp³-hybridized carbons (Fsp3) is 0.333. The summed E-state index contributed by atoms with van der Waals surface area (Å²) in [7, 11) is 0. The number of para-hydroxylation sites is 1. The third-order valence-corrected chi connectivity index (χ3v) is 4.89. The van der Waals surface area contributed by atoms with Crippen molar-refractivity contribution in [3.63, 3.8) is 0 Å². The van der Waals surface area contributed by atoms with Crippen molar-refractivity contribution in [2.45, 2.75) is 26.0 Å². The maximum absolute atomic E-state index is 12.3. The van der Waals surface area contributed by atoms with Gasteiger partial charge in [0.2, 0.25) is 5.91 Å². The van der Waals surface area contributed by atoms with Crippen molar-refractivity contribution in [1.82, 2.24) is 15.3 Å². The fourth-order valence-electron chi connectivity index (χ4n) is 3.45. The Bertz CT molecular complexity index is 919. The number of carbonyl (C=O) groups excluding carboxylic acids is 1. The molecule has 27 heavy (non-hydrogen) atoms. The Morgan fingerprint density at radius 3 is 3.04 bits per heavy atom. The Kier molecular flexibility index (Phi) is 5.07. The van der Waals surface area contributed by atoms with Crippen molar-refractivity contribution >= 4 is 22.6 Å². The maximum Gasteiger partial charge on any atom is 0.224 e. The first-order valence-electron chi connectivity index (χ1n) is 9.32. The first-order chi connectivity index (χ1) is 13.2. The normalized spacial score (nSPS) is 17.2. The van der Waals surface area contributed by atoms with E-state index in [0.29, 0.717) is 13.0 Å². The smallest absolute Gasteiger partial charge is 0.224 e. The van der Waals surface area contributed by atoms with Gasteiger partial charge in [-0.2, -0.15) is 0 Å². The van der Waals surface area contributed by atoms with Crippen molar-refractivity contribution in [3.05, 3.63) is 59.9 Å². The molecule has 140 valence electrons. The number of fused-ring (bicyclic) bond motifs is 1. The number of aromatic nitrogens is 2. The zero-order valence-corrected chi connectivity index (χ0v) is 15.4.